The summed E-state index contributed by atoms with van der Waals surface area (Å²) in [6.07, 6.45) is -2.28. The number of hydrogen-bond donors (Lipinski definition) is 0. The zero-order valence-corrected chi connectivity index (χ0v) is 13.7. The summed E-state index contributed by atoms with van der Waals surface area (Å²) in [7, 11) is -1.81. The average Bonchev–Trinajstić information content (AvgIpc) is 2.86. The van der Waals surface area contributed by atoms with E-state index in [1.165, 1.54) is 0 Å². The van der Waals surface area contributed by atoms with E-state index in [2.05, 4.69) is 4.98 Å². The lowest BCUT2D eigenvalue weighted by Crippen LogP contribution is -3.11. The Hall–Kier alpha value is -1.09. The molecule has 0 saturated heterocycles. The summed E-state index contributed by atoms with van der Waals surface area (Å²) in [5.74, 6) is 2.98. The molecule has 24 heavy (non-hydrogen) atoms. The first-order chi connectivity index (χ1) is 11.1. The Morgan fingerprint density at radius 1 is 1.21 bits per heavy atom. The quantitative estimate of drug-likeness (QED) is 0.762. The van der Waals surface area contributed by atoms with Crippen LogP contribution in [0.3, 0.4) is 0 Å². The molecule has 0 aromatic carbocycles. The highest BCUT2D eigenvalue weighted by atomic mass is 32.2. The molecular weight excluding hydrogens is 345 g/mol. The first kappa shape index (κ1) is 14.1. The lowest BCUT2D eigenvalue weighted by atomic mass is 8.92. The van der Waals surface area contributed by atoms with Gasteiger partial charge in [0.05, 0.1) is 12.9 Å². The normalized spacial score (nSPS) is 51.7. The van der Waals surface area contributed by atoms with Crippen molar-refractivity contribution in [2.75, 3.05) is 12.9 Å². The van der Waals surface area contributed by atoms with E-state index in [0.717, 1.165) is 12.5 Å². The summed E-state index contributed by atoms with van der Waals surface area (Å²) in [5.41, 5.74) is -0.975. The van der Waals surface area contributed by atoms with Gasteiger partial charge in [0.2, 0.25) is 0 Å². The van der Waals surface area contributed by atoms with Crippen LogP contribution >= 0.6 is 0 Å². The molecule has 0 unspecified atom stereocenters. The number of aryl methyl sites for hydroxylation is 1. The van der Waals surface area contributed by atoms with Gasteiger partial charge in [0.15, 0.2) is 5.69 Å². The lowest BCUT2D eigenvalue weighted by Gasteiger charge is -3.11. The molecule has 9 heteroatoms. The Morgan fingerprint density at radius 3 is 2.17 bits per heavy atom. The fraction of sp³-hybridized carbons (Fsp3) is 0.800. The van der Waals surface area contributed by atoms with Crippen molar-refractivity contribution in [2.24, 2.45) is 48.0 Å². The van der Waals surface area contributed by atoms with Crippen molar-refractivity contribution < 1.29 is 25.8 Å². The van der Waals surface area contributed by atoms with Gasteiger partial charge in [-0.2, -0.15) is 21.6 Å². The number of halogens is 3. The van der Waals surface area contributed by atoms with Crippen LogP contribution < -0.4 is 0 Å². The van der Waals surface area contributed by atoms with Gasteiger partial charge in [-0.05, 0) is 35.5 Å². The van der Waals surface area contributed by atoms with Crippen LogP contribution in [-0.4, -0.2) is 30.8 Å². The Kier molecular flexibility index (Phi) is 1.94. The second kappa shape index (κ2) is 3.30. The SMILES string of the molecule is Cn1cc(C(F)(F)F)nc1C12C3C4C1C1C2C3C41COS(C)(=O)=O. The number of imidazole rings is 1. The minimum atomic E-state index is -4.42. The number of hydrogen-bond acceptors (Lipinski definition) is 4. The molecule has 6 aliphatic carbocycles. The van der Waals surface area contributed by atoms with Crippen molar-refractivity contribution in [1.82, 2.24) is 9.55 Å². The molecule has 130 valence electrons. The Morgan fingerprint density at radius 2 is 1.75 bits per heavy atom. The van der Waals surface area contributed by atoms with E-state index in [1.54, 1.807) is 11.6 Å². The van der Waals surface area contributed by atoms with E-state index in [1.807, 2.05) is 0 Å². The topological polar surface area (TPSA) is 61.2 Å². The zero-order valence-electron chi connectivity index (χ0n) is 12.9. The summed E-state index contributed by atoms with van der Waals surface area (Å²) in [6, 6.07) is 0. The second-order valence-corrected chi connectivity index (χ2v) is 9.87. The summed E-state index contributed by atoms with van der Waals surface area (Å²) < 4.78 is 67.9. The Balaban J connectivity index is 1.30. The maximum absolute atomic E-state index is 12.9. The summed E-state index contributed by atoms with van der Waals surface area (Å²) in [5, 5.41) is 0. The second-order valence-electron chi connectivity index (χ2n) is 8.22. The first-order valence-electron chi connectivity index (χ1n) is 8.01. The van der Waals surface area contributed by atoms with Crippen molar-refractivity contribution in [1.29, 1.82) is 0 Å². The van der Waals surface area contributed by atoms with Gasteiger partial charge in [-0.15, -0.1) is 0 Å². The van der Waals surface area contributed by atoms with Crippen LogP contribution in [0.5, 0.6) is 0 Å². The molecule has 0 atom stereocenters. The molecule has 0 bridgehead atoms. The third-order valence-electron chi connectivity index (χ3n) is 7.91. The van der Waals surface area contributed by atoms with E-state index >= 15 is 0 Å². The molecule has 1 heterocycles. The van der Waals surface area contributed by atoms with Gasteiger partial charge in [-0.1, -0.05) is 0 Å². The van der Waals surface area contributed by atoms with Gasteiger partial charge in [-0.3, -0.25) is 4.18 Å². The molecule has 0 amide bonds. The predicted molar refractivity (Wildman–Crippen MR) is 74.1 cm³/mol. The maximum atomic E-state index is 12.9. The number of nitrogens with zero attached hydrogens (tertiary/aromatic N) is 2. The number of rotatable bonds is 4. The van der Waals surface area contributed by atoms with Crippen LogP contribution in [-0.2, 0) is 32.9 Å². The van der Waals surface area contributed by atoms with E-state index in [9.17, 15) is 21.6 Å². The Bertz CT molecular complexity index is 865. The summed E-state index contributed by atoms with van der Waals surface area (Å²) in [4.78, 5) is 3.94. The van der Waals surface area contributed by atoms with Gasteiger partial charge < -0.3 is 4.57 Å². The van der Waals surface area contributed by atoms with E-state index < -0.39 is 22.0 Å². The molecule has 7 rings (SSSR count). The van der Waals surface area contributed by atoms with Gasteiger partial charge in [0.25, 0.3) is 10.1 Å². The molecule has 0 N–H and O–H groups in total. The largest absolute Gasteiger partial charge is 0.434 e. The fourth-order valence-corrected chi connectivity index (χ4v) is 8.12. The molecule has 1 aromatic heterocycles. The van der Waals surface area contributed by atoms with Gasteiger partial charge >= 0.3 is 6.18 Å². The molecule has 5 nitrogen and oxygen atoms in total. The highest BCUT2D eigenvalue weighted by Crippen LogP contribution is 3.09. The summed E-state index contributed by atoms with van der Waals surface area (Å²) in [6.45, 7) is 0.250. The van der Waals surface area contributed by atoms with Crippen molar-refractivity contribution >= 4 is 10.1 Å². The van der Waals surface area contributed by atoms with E-state index in [0.29, 0.717) is 41.3 Å². The van der Waals surface area contributed by atoms with E-state index in [4.69, 9.17) is 4.18 Å². The molecule has 6 saturated carbocycles. The minimum Gasteiger partial charge on any atom is -0.337 e. The lowest BCUT2D eigenvalue weighted by molar-refractivity contribution is -0.632. The zero-order chi connectivity index (χ0) is 17.0. The monoisotopic (exact) mass is 360 g/mol. The smallest absolute Gasteiger partial charge is 0.337 e. The van der Waals surface area contributed by atoms with Crippen molar-refractivity contribution in [3.8, 4) is 0 Å². The highest BCUT2D eigenvalue weighted by molar-refractivity contribution is 7.85. The van der Waals surface area contributed by atoms with Crippen LogP contribution in [0, 0.1) is 40.9 Å². The molecular formula is C15H15F3N2O3S. The molecule has 0 radical (unpaired) electrons. The molecule has 1 aromatic rings. The molecule has 6 aliphatic rings. The third kappa shape index (κ3) is 1.03. The predicted octanol–water partition coefficient (Wildman–Crippen LogP) is 1.40. The summed E-state index contributed by atoms with van der Waals surface area (Å²) >= 11 is 0. The van der Waals surface area contributed by atoms with Gasteiger partial charge in [-0.25, -0.2) is 4.98 Å². The number of aromatic nitrogens is 2. The molecule has 6 fully saturated rings. The Labute approximate surface area is 136 Å². The average molecular weight is 360 g/mol. The van der Waals surface area contributed by atoms with Crippen LogP contribution in [0.1, 0.15) is 11.5 Å². The number of alkyl halides is 3. The molecule has 0 spiro atoms. The third-order valence-corrected chi connectivity index (χ3v) is 8.46. The van der Waals surface area contributed by atoms with Crippen molar-refractivity contribution in [3.05, 3.63) is 17.7 Å². The highest BCUT2D eigenvalue weighted by Gasteiger charge is 3.10. The standard InChI is InChI=1S/C15H15F3N2O3S/c1-20-3-5(15(16,17)18)19-12(20)14-9-6-10(14)8-11(14)7(9)13(6,8)4-23-24(2,21)22/h3,6-11H,4H2,1-2H3. The minimum absolute atomic E-state index is 0.00283. The van der Waals surface area contributed by atoms with Crippen LogP contribution in [0.4, 0.5) is 13.2 Å². The van der Waals surface area contributed by atoms with Crippen LogP contribution in [0.15, 0.2) is 6.20 Å². The van der Waals surface area contributed by atoms with Crippen LogP contribution in [0.25, 0.3) is 0 Å². The molecule has 0 aliphatic heterocycles. The van der Waals surface area contributed by atoms with E-state index in [-0.39, 0.29) is 17.4 Å². The van der Waals surface area contributed by atoms with Gasteiger partial charge in [0, 0.05) is 24.1 Å². The maximum Gasteiger partial charge on any atom is 0.434 e. The van der Waals surface area contributed by atoms with Gasteiger partial charge in [0.1, 0.15) is 5.82 Å². The van der Waals surface area contributed by atoms with Crippen molar-refractivity contribution in [3.63, 3.8) is 0 Å². The first-order valence-corrected chi connectivity index (χ1v) is 9.83. The van der Waals surface area contributed by atoms with Crippen molar-refractivity contribution in [2.45, 2.75) is 11.6 Å². The fourth-order valence-electron chi connectivity index (χ4n) is 7.70. The van der Waals surface area contributed by atoms with Crippen LogP contribution in [0.2, 0.25) is 0 Å².